The van der Waals surface area contributed by atoms with E-state index in [1.165, 1.54) is 16.8 Å². The summed E-state index contributed by atoms with van der Waals surface area (Å²) in [7, 11) is 0. The summed E-state index contributed by atoms with van der Waals surface area (Å²) in [6, 6.07) is 10.5. The number of hydrogen-bond donors (Lipinski definition) is 2. The van der Waals surface area contributed by atoms with Crippen molar-refractivity contribution in [3.63, 3.8) is 0 Å². The Morgan fingerprint density at radius 1 is 1.17 bits per heavy atom. The van der Waals surface area contributed by atoms with Crippen molar-refractivity contribution in [3.8, 4) is 0 Å². The SMILES string of the molecule is O=C(O)C[C@H](NC(=O)Cn1ccccc1=O)c1ccccc1Cl. The maximum Gasteiger partial charge on any atom is 0.305 e. The van der Waals surface area contributed by atoms with Gasteiger partial charge in [0.15, 0.2) is 0 Å². The molecule has 1 heterocycles. The molecule has 7 heteroatoms. The van der Waals surface area contributed by atoms with E-state index in [1.807, 2.05) is 0 Å². The summed E-state index contributed by atoms with van der Waals surface area (Å²) in [6.07, 6.45) is 1.18. The predicted molar refractivity (Wildman–Crippen MR) is 85.3 cm³/mol. The zero-order valence-corrected chi connectivity index (χ0v) is 12.9. The molecule has 0 aliphatic heterocycles. The number of hydrogen-bond acceptors (Lipinski definition) is 3. The molecule has 0 saturated carbocycles. The lowest BCUT2D eigenvalue weighted by molar-refractivity contribution is -0.137. The Morgan fingerprint density at radius 3 is 2.52 bits per heavy atom. The molecule has 0 spiro atoms. The van der Waals surface area contributed by atoms with Crippen molar-refractivity contribution in [2.24, 2.45) is 0 Å². The van der Waals surface area contributed by atoms with Gasteiger partial charge in [-0.15, -0.1) is 0 Å². The number of carbonyl (C=O) groups excluding carboxylic acids is 1. The molecule has 2 N–H and O–H groups in total. The summed E-state index contributed by atoms with van der Waals surface area (Å²) in [5.41, 5.74) is 0.209. The van der Waals surface area contributed by atoms with Gasteiger partial charge in [0.05, 0.1) is 12.5 Å². The maximum absolute atomic E-state index is 12.1. The van der Waals surface area contributed by atoms with E-state index < -0.39 is 17.9 Å². The number of aliphatic carboxylic acids is 1. The van der Waals surface area contributed by atoms with Crippen LogP contribution < -0.4 is 10.9 Å². The number of pyridine rings is 1. The molecule has 0 fully saturated rings. The van der Waals surface area contributed by atoms with Gasteiger partial charge in [0.25, 0.3) is 5.56 Å². The largest absolute Gasteiger partial charge is 0.481 e. The Kier molecular flexibility index (Phi) is 5.54. The Morgan fingerprint density at radius 2 is 1.87 bits per heavy atom. The summed E-state index contributed by atoms with van der Waals surface area (Å²) in [6.45, 7) is -0.194. The third-order valence-electron chi connectivity index (χ3n) is 3.21. The van der Waals surface area contributed by atoms with Gasteiger partial charge in [-0.2, -0.15) is 0 Å². The van der Waals surface area contributed by atoms with Crippen LogP contribution in [0.1, 0.15) is 18.0 Å². The van der Waals surface area contributed by atoms with Crippen LogP contribution in [0.4, 0.5) is 0 Å². The quantitative estimate of drug-likeness (QED) is 0.843. The summed E-state index contributed by atoms with van der Waals surface area (Å²) in [5.74, 6) is -1.53. The zero-order valence-electron chi connectivity index (χ0n) is 12.1. The molecule has 120 valence electrons. The monoisotopic (exact) mass is 334 g/mol. The molecule has 1 aromatic carbocycles. The Balaban J connectivity index is 2.16. The number of aromatic nitrogens is 1. The Bertz CT molecular complexity index is 772. The summed E-state index contributed by atoms with van der Waals surface area (Å²) in [4.78, 5) is 34.8. The first-order valence-electron chi connectivity index (χ1n) is 6.88. The lowest BCUT2D eigenvalue weighted by Crippen LogP contribution is -2.35. The fourth-order valence-electron chi connectivity index (χ4n) is 2.16. The molecule has 23 heavy (non-hydrogen) atoms. The van der Waals surface area contributed by atoms with Gasteiger partial charge in [-0.3, -0.25) is 14.4 Å². The first-order chi connectivity index (χ1) is 11.0. The molecule has 2 rings (SSSR count). The van der Waals surface area contributed by atoms with Crippen LogP contribution in [0.15, 0.2) is 53.5 Å². The Hall–Kier alpha value is -2.60. The van der Waals surface area contributed by atoms with E-state index >= 15 is 0 Å². The average Bonchev–Trinajstić information content (AvgIpc) is 2.49. The van der Waals surface area contributed by atoms with Gasteiger partial charge >= 0.3 is 5.97 Å². The van der Waals surface area contributed by atoms with E-state index in [-0.39, 0.29) is 18.5 Å². The predicted octanol–water partition coefficient (Wildman–Crippen LogP) is 1.83. The van der Waals surface area contributed by atoms with Crippen LogP contribution in [0, 0.1) is 0 Å². The van der Waals surface area contributed by atoms with Crippen LogP contribution in [-0.4, -0.2) is 21.6 Å². The second-order valence-electron chi connectivity index (χ2n) is 4.91. The van der Waals surface area contributed by atoms with Crippen LogP contribution >= 0.6 is 11.6 Å². The van der Waals surface area contributed by atoms with Gasteiger partial charge in [0.2, 0.25) is 5.91 Å². The number of carbonyl (C=O) groups is 2. The molecule has 1 aromatic heterocycles. The van der Waals surface area contributed by atoms with Crippen molar-refractivity contribution in [1.82, 2.24) is 9.88 Å². The molecule has 2 aromatic rings. The molecule has 1 atom stereocenters. The van der Waals surface area contributed by atoms with Crippen LogP contribution in [-0.2, 0) is 16.1 Å². The van der Waals surface area contributed by atoms with Crippen molar-refractivity contribution in [2.45, 2.75) is 19.0 Å². The normalized spacial score (nSPS) is 11.7. The summed E-state index contributed by atoms with van der Waals surface area (Å²) in [5, 5.41) is 12.0. The van der Waals surface area contributed by atoms with Gasteiger partial charge in [-0.05, 0) is 17.7 Å². The topological polar surface area (TPSA) is 88.4 Å². The van der Waals surface area contributed by atoms with Crippen molar-refractivity contribution in [1.29, 1.82) is 0 Å². The minimum absolute atomic E-state index is 0.194. The number of benzene rings is 1. The Labute approximate surface area is 137 Å². The van der Waals surface area contributed by atoms with E-state index in [2.05, 4.69) is 5.32 Å². The molecule has 0 radical (unpaired) electrons. The van der Waals surface area contributed by atoms with Crippen molar-refractivity contribution < 1.29 is 14.7 Å². The van der Waals surface area contributed by atoms with E-state index in [4.69, 9.17) is 16.7 Å². The van der Waals surface area contributed by atoms with E-state index in [0.29, 0.717) is 10.6 Å². The van der Waals surface area contributed by atoms with Gasteiger partial charge in [0.1, 0.15) is 6.54 Å². The standard InChI is InChI=1S/C16H15ClN2O4/c17-12-6-2-1-5-11(12)13(9-16(22)23)18-14(20)10-19-8-4-3-7-15(19)21/h1-8,13H,9-10H2,(H,18,20)(H,22,23)/t13-/m0/s1. The number of rotatable bonds is 6. The average molecular weight is 335 g/mol. The van der Waals surface area contributed by atoms with Crippen LogP contribution in [0.5, 0.6) is 0 Å². The van der Waals surface area contributed by atoms with Crippen molar-refractivity contribution >= 4 is 23.5 Å². The third kappa shape index (κ3) is 4.69. The minimum atomic E-state index is -1.06. The molecular formula is C16H15ClN2O4. The highest BCUT2D eigenvalue weighted by atomic mass is 35.5. The third-order valence-corrected chi connectivity index (χ3v) is 3.55. The van der Waals surface area contributed by atoms with E-state index in [1.54, 1.807) is 36.4 Å². The number of halogens is 1. The lowest BCUT2D eigenvalue weighted by Gasteiger charge is -2.19. The lowest BCUT2D eigenvalue weighted by atomic mass is 10.0. The zero-order chi connectivity index (χ0) is 16.8. The number of nitrogens with one attached hydrogen (secondary N) is 1. The van der Waals surface area contributed by atoms with Gasteiger partial charge in [-0.25, -0.2) is 0 Å². The molecule has 0 bridgehead atoms. The number of carboxylic acids is 1. The smallest absolute Gasteiger partial charge is 0.305 e. The molecule has 0 unspecified atom stereocenters. The van der Waals surface area contributed by atoms with E-state index in [0.717, 1.165) is 0 Å². The molecular weight excluding hydrogens is 320 g/mol. The van der Waals surface area contributed by atoms with E-state index in [9.17, 15) is 14.4 Å². The highest BCUT2D eigenvalue weighted by Gasteiger charge is 2.20. The first kappa shape index (κ1) is 16.8. The van der Waals surface area contributed by atoms with Crippen LogP contribution in [0.2, 0.25) is 5.02 Å². The molecule has 0 aliphatic rings. The minimum Gasteiger partial charge on any atom is -0.481 e. The molecule has 0 saturated heterocycles. The second kappa shape index (κ2) is 7.60. The number of nitrogens with zero attached hydrogens (tertiary/aromatic N) is 1. The van der Waals surface area contributed by atoms with Gasteiger partial charge in [-0.1, -0.05) is 35.9 Å². The first-order valence-corrected chi connectivity index (χ1v) is 7.26. The van der Waals surface area contributed by atoms with Gasteiger partial charge in [0, 0.05) is 17.3 Å². The highest BCUT2D eigenvalue weighted by molar-refractivity contribution is 6.31. The molecule has 0 aliphatic carbocycles. The second-order valence-corrected chi connectivity index (χ2v) is 5.31. The van der Waals surface area contributed by atoms with Crippen molar-refractivity contribution in [3.05, 3.63) is 69.6 Å². The highest BCUT2D eigenvalue weighted by Crippen LogP contribution is 2.25. The molecule has 1 amide bonds. The van der Waals surface area contributed by atoms with Crippen molar-refractivity contribution in [2.75, 3.05) is 0 Å². The van der Waals surface area contributed by atoms with Gasteiger partial charge < -0.3 is 15.0 Å². The molecule has 6 nitrogen and oxygen atoms in total. The number of amides is 1. The van der Waals surface area contributed by atoms with Crippen LogP contribution in [0.3, 0.4) is 0 Å². The van der Waals surface area contributed by atoms with Crippen LogP contribution in [0.25, 0.3) is 0 Å². The summed E-state index contributed by atoms with van der Waals surface area (Å²) < 4.78 is 1.24. The fraction of sp³-hybridized carbons (Fsp3) is 0.188. The summed E-state index contributed by atoms with van der Waals surface area (Å²) >= 11 is 6.07. The maximum atomic E-state index is 12.1. The fourth-order valence-corrected chi connectivity index (χ4v) is 2.42. The number of carboxylic acid groups (broad SMARTS) is 1.